The van der Waals surface area contributed by atoms with Crippen molar-refractivity contribution in [3.63, 3.8) is 0 Å². The summed E-state index contributed by atoms with van der Waals surface area (Å²) in [6.45, 7) is 0. The van der Waals surface area contributed by atoms with Crippen LogP contribution in [0.1, 0.15) is 0 Å². The largest absolute Gasteiger partial charge is 0.456 e. The smallest absolute Gasteiger partial charge is 0.135 e. The zero-order chi connectivity index (χ0) is 28.1. The van der Waals surface area contributed by atoms with Gasteiger partial charge in [0.1, 0.15) is 11.2 Å². The molecule has 7 aromatic carbocycles. The first-order chi connectivity index (χ1) is 21.3. The summed E-state index contributed by atoms with van der Waals surface area (Å²) < 4.78 is 11.3. The van der Waals surface area contributed by atoms with Gasteiger partial charge in [-0.2, -0.15) is 0 Å². The summed E-state index contributed by atoms with van der Waals surface area (Å²) in [4.78, 5) is 0. The van der Waals surface area contributed by atoms with Gasteiger partial charge < -0.3 is 8.98 Å². The maximum atomic E-state index is 6.19. The van der Waals surface area contributed by atoms with Gasteiger partial charge in [0.15, 0.2) is 0 Å². The summed E-state index contributed by atoms with van der Waals surface area (Å²) >= 11 is 1.89. The van der Waals surface area contributed by atoms with Crippen molar-refractivity contribution in [1.82, 2.24) is 4.57 Å². The van der Waals surface area contributed by atoms with Crippen molar-refractivity contribution >= 4 is 86.0 Å². The molecule has 0 bridgehead atoms. The molecule has 0 atom stereocenters. The Morgan fingerprint density at radius 3 is 2.16 bits per heavy atom. The molecule has 3 heteroatoms. The van der Waals surface area contributed by atoms with Gasteiger partial charge in [-0.05, 0) is 53.4 Å². The Morgan fingerprint density at radius 2 is 1.23 bits per heavy atom. The number of fused-ring (bicyclic) bond motifs is 11. The zero-order valence-electron chi connectivity index (χ0n) is 23.0. The maximum Gasteiger partial charge on any atom is 0.135 e. The van der Waals surface area contributed by atoms with Crippen LogP contribution < -0.4 is 0 Å². The molecule has 0 amide bonds. The first-order valence-corrected chi connectivity index (χ1v) is 15.4. The van der Waals surface area contributed by atoms with Crippen LogP contribution in [0.4, 0.5) is 0 Å². The van der Waals surface area contributed by atoms with Gasteiger partial charge in [0.05, 0.1) is 16.7 Å². The highest BCUT2D eigenvalue weighted by atomic mass is 32.1. The first kappa shape index (κ1) is 23.2. The van der Waals surface area contributed by atoms with Gasteiger partial charge in [0.25, 0.3) is 0 Å². The molecule has 0 aliphatic heterocycles. The molecular formula is C40H23NOS. The third-order valence-corrected chi connectivity index (χ3v) is 10.2. The Morgan fingerprint density at radius 1 is 0.512 bits per heavy atom. The van der Waals surface area contributed by atoms with Crippen LogP contribution >= 0.6 is 11.3 Å². The number of furan rings is 1. The predicted octanol–water partition coefficient (Wildman–Crippen LogP) is 11.9. The number of hydrogen-bond donors (Lipinski definition) is 0. The van der Waals surface area contributed by atoms with E-state index in [0.29, 0.717) is 0 Å². The molecule has 43 heavy (non-hydrogen) atoms. The van der Waals surface area contributed by atoms with Gasteiger partial charge in [-0.15, -0.1) is 11.3 Å². The summed E-state index contributed by atoms with van der Waals surface area (Å²) in [6.07, 6.45) is 0. The van der Waals surface area contributed by atoms with Gasteiger partial charge >= 0.3 is 0 Å². The lowest BCUT2D eigenvalue weighted by Crippen LogP contribution is -1.95. The second kappa shape index (κ2) is 8.57. The van der Waals surface area contributed by atoms with Gasteiger partial charge in [-0.3, -0.25) is 0 Å². The monoisotopic (exact) mass is 565 g/mol. The summed E-state index contributed by atoms with van der Waals surface area (Å²) in [5.41, 5.74) is 8.01. The zero-order valence-corrected chi connectivity index (χ0v) is 23.9. The van der Waals surface area contributed by atoms with Gasteiger partial charge in [-0.25, -0.2) is 0 Å². The van der Waals surface area contributed by atoms with Crippen LogP contribution in [-0.4, -0.2) is 4.57 Å². The average molecular weight is 566 g/mol. The van der Waals surface area contributed by atoms with Crippen LogP contribution in [0.5, 0.6) is 0 Å². The highest BCUT2D eigenvalue weighted by Gasteiger charge is 2.22. The van der Waals surface area contributed by atoms with Crippen molar-refractivity contribution in [2.24, 2.45) is 0 Å². The van der Waals surface area contributed by atoms with E-state index in [1.54, 1.807) is 0 Å². The van der Waals surface area contributed by atoms with Crippen LogP contribution in [0, 0.1) is 0 Å². The Labute approximate surface area is 250 Å². The third kappa shape index (κ3) is 3.17. The minimum Gasteiger partial charge on any atom is -0.456 e. The van der Waals surface area contributed by atoms with E-state index in [1.165, 1.54) is 69.6 Å². The molecule has 0 aliphatic carbocycles. The second-order valence-corrected chi connectivity index (χ2v) is 12.3. The Bertz CT molecular complexity index is 2730. The molecule has 0 saturated carbocycles. The molecule has 0 N–H and O–H groups in total. The molecule has 0 aliphatic rings. The molecule has 3 heterocycles. The van der Waals surface area contributed by atoms with Crippen LogP contribution in [0.15, 0.2) is 144 Å². The van der Waals surface area contributed by atoms with Crippen molar-refractivity contribution in [2.45, 2.75) is 0 Å². The molecule has 0 radical (unpaired) electrons. The number of hydrogen-bond acceptors (Lipinski definition) is 2. The third-order valence-electron chi connectivity index (χ3n) is 8.97. The molecule has 0 spiro atoms. The fourth-order valence-electron chi connectivity index (χ4n) is 7.10. The molecule has 0 saturated heterocycles. The molecule has 200 valence electrons. The van der Waals surface area contributed by atoms with Crippen molar-refractivity contribution in [3.8, 4) is 16.8 Å². The van der Waals surface area contributed by atoms with Crippen molar-refractivity contribution in [1.29, 1.82) is 0 Å². The fraction of sp³-hybridized carbons (Fsp3) is 0. The van der Waals surface area contributed by atoms with Crippen LogP contribution in [0.3, 0.4) is 0 Å². The molecule has 10 aromatic rings. The fourth-order valence-corrected chi connectivity index (χ4v) is 8.34. The Kier molecular flexibility index (Phi) is 4.63. The summed E-state index contributed by atoms with van der Waals surface area (Å²) in [6, 6.07) is 50.5. The van der Waals surface area contributed by atoms with Crippen molar-refractivity contribution < 1.29 is 4.42 Å². The van der Waals surface area contributed by atoms with E-state index in [9.17, 15) is 0 Å². The summed E-state index contributed by atoms with van der Waals surface area (Å²) in [5.74, 6) is 0. The lowest BCUT2D eigenvalue weighted by Gasteiger charge is -2.13. The molecule has 0 unspecified atom stereocenters. The summed E-state index contributed by atoms with van der Waals surface area (Å²) in [7, 11) is 0. The lowest BCUT2D eigenvalue weighted by atomic mass is 9.97. The van der Waals surface area contributed by atoms with Gasteiger partial charge in [0.2, 0.25) is 0 Å². The molecule has 3 aromatic heterocycles. The average Bonchev–Trinajstić information content (AvgIpc) is 3.73. The first-order valence-electron chi connectivity index (χ1n) is 14.6. The summed E-state index contributed by atoms with van der Waals surface area (Å²) in [5, 5.41) is 9.95. The Balaban J connectivity index is 1.41. The molecule has 10 rings (SSSR count). The molecular weight excluding hydrogens is 543 g/mol. The predicted molar refractivity (Wildman–Crippen MR) is 184 cm³/mol. The Hall–Kier alpha value is -5.38. The topological polar surface area (TPSA) is 18.1 Å². The van der Waals surface area contributed by atoms with E-state index in [1.807, 2.05) is 23.5 Å². The van der Waals surface area contributed by atoms with Gasteiger partial charge in [0, 0.05) is 52.7 Å². The highest BCUT2D eigenvalue weighted by molar-refractivity contribution is 7.26. The van der Waals surface area contributed by atoms with Crippen molar-refractivity contribution in [2.75, 3.05) is 0 Å². The number of nitrogens with zero attached hydrogens (tertiary/aromatic N) is 1. The van der Waals surface area contributed by atoms with E-state index in [0.717, 1.165) is 21.9 Å². The quantitative estimate of drug-likeness (QED) is 0.204. The number of aromatic nitrogens is 1. The number of rotatable bonds is 2. The van der Waals surface area contributed by atoms with E-state index in [-0.39, 0.29) is 0 Å². The van der Waals surface area contributed by atoms with Crippen LogP contribution in [0.2, 0.25) is 0 Å². The van der Waals surface area contributed by atoms with E-state index >= 15 is 0 Å². The van der Waals surface area contributed by atoms with Crippen LogP contribution in [0.25, 0.3) is 91.5 Å². The normalized spacial score (nSPS) is 12.2. The van der Waals surface area contributed by atoms with Gasteiger partial charge in [-0.1, -0.05) is 97.1 Å². The number of para-hydroxylation sites is 2. The number of thiophene rings is 1. The van der Waals surface area contributed by atoms with Crippen molar-refractivity contribution in [3.05, 3.63) is 140 Å². The molecule has 0 fully saturated rings. The van der Waals surface area contributed by atoms with Crippen LogP contribution in [-0.2, 0) is 0 Å². The molecule has 2 nitrogen and oxygen atoms in total. The van der Waals surface area contributed by atoms with E-state index < -0.39 is 0 Å². The second-order valence-electron chi connectivity index (χ2n) is 11.3. The van der Waals surface area contributed by atoms with E-state index in [4.69, 9.17) is 4.42 Å². The minimum atomic E-state index is 0.922. The maximum absolute atomic E-state index is 6.19. The standard InChI is InChI=1S/C40H23NOS/c1-2-12-26-24(10-1)11-9-17-33(26)41-34-16-6-3-13-27(34)32-23-30(40-38(39(32)41)29-15-5-8-19-37(29)43-40)25-20-21-36-31(22-25)28-14-4-7-18-35(28)42-36/h1-23H. The lowest BCUT2D eigenvalue weighted by molar-refractivity contribution is 0.669. The number of benzene rings is 7. The minimum absolute atomic E-state index is 0.922. The SMILES string of the molecule is c1ccc2c(-n3c4ccccc4c4cc(-c5ccc6oc7ccccc7c6c5)c5sc6ccccc6c5c43)cccc2c1. The highest BCUT2D eigenvalue weighted by Crippen LogP contribution is 2.48. The van der Waals surface area contributed by atoms with E-state index in [2.05, 4.69) is 132 Å².